The molecule has 2 aromatic carbocycles. The highest BCUT2D eigenvalue weighted by Gasteiger charge is 2.31. The Morgan fingerprint density at radius 3 is 2.53 bits per heavy atom. The summed E-state index contributed by atoms with van der Waals surface area (Å²) in [5.74, 6) is -0.105. The molecule has 12 heteroatoms. The summed E-state index contributed by atoms with van der Waals surface area (Å²) in [7, 11) is 0. The zero-order valence-electron chi connectivity index (χ0n) is 20.5. The number of phenols is 1. The first-order chi connectivity index (χ1) is 17.9. The predicted octanol–water partition coefficient (Wildman–Crippen LogP) is 4.58. The number of phenolic OH excluding ortho intramolecular Hbond substituents is 1. The molecule has 0 saturated carbocycles. The summed E-state index contributed by atoms with van der Waals surface area (Å²) in [6.45, 7) is 4.77. The molecule has 3 aromatic rings. The van der Waals surface area contributed by atoms with Crippen molar-refractivity contribution >= 4 is 40.2 Å². The van der Waals surface area contributed by atoms with Crippen LogP contribution in [0, 0.1) is 0 Å². The molecule has 38 heavy (non-hydrogen) atoms. The number of halogens is 4. The lowest BCUT2D eigenvalue weighted by molar-refractivity contribution is -0.137. The van der Waals surface area contributed by atoms with E-state index in [1.54, 1.807) is 4.90 Å². The number of hydrogen-bond donors (Lipinski definition) is 3. The van der Waals surface area contributed by atoms with E-state index in [4.69, 9.17) is 11.6 Å². The number of hydrogen-bond acceptors (Lipinski definition) is 6. The van der Waals surface area contributed by atoms with E-state index in [-0.39, 0.29) is 49.4 Å². The molecule has 1 saturated heterocycles. The Bertz CT molecular complexity index is 1390. The normalized spacial score (nSPS) is 15.7. The Hall–Kier alpha value is -2.73. The Balaban J connectivity index is 1.61. The molecular formula is C26H27ClF3N3O4S. The van der Waals surface area contributed by atoms with Gasteiger partial charge in [0, 0.05) is 72.5 Å². The Kier molecular flexibility index (Phi) is 8.61. The molecule has 0 bridgehead atoms. The number of H-pyrrole nitrogens is 1. The molecule has 2 heterocycles. The van der Waals surface area contributed by atoms with Gasteiger partial charge in [0.1, 0.15) is 5.75 Å². The second-order valence-corrected chi connectivity index (χ2v) is 10.6. The number of nitrogens with zero attached hydrogens (tertiary/aromatic N) is 2. The molecule has 204 valence electrons. The van der Waals surface area contributed by atoms with E-state index in [2.05, 4.69) is 9.88 Å². The van der Waals surface area contributed by atoms with E-state index >= 15 is 0 Å². The fraction of sp³-hybridized carbons (Fsp3) is 0.385. The van der Waals surface area contributed by atoms with Crippen molar-refractivity contribution in [3.05, 3.63) is 57.3 Å². The number of nitrogens with one attached hydrogen (secondary N) is 1. The summed E-state index contributed by atoms with van der Waals surface area (Å²) < 4.78 is 40.6. The van der Waals surface area contributed by atoms with E-state index < -0.39 is 23.4 Å². The second kappa shape index (κ2) is 11.6. The lowest BCUT2D eigenvalue weighted by Gasteiger charge is -2.34. The number of aromatic nitrogens is 1. The number of fused-ring (bicyclic) bond motifs is 1. The third-order valence-corrected chi connectivity index (χ3v) is 8.01. The van der Waals surface area contributed by atoms with Gasteiger partial charge in [0.05, 0.1) is 16.6 Å². The lowest BCUT2D eigenvalue weighted by atomic mass is 9.98. The van der Waals surface area contributed by atoms with Crippen LogP contribution in [0.5, 0.6) is 5.75 Å². The predicted molar refractivity (Wildman–Crippen MR) is 142 cm³/mol. The first-order valence-electron chi connectivity index (χ1n) is 12.0. The lowest BCUT2D eigenvalue weighted by Crippen LogP contribution is -2.48. The molecule has 4 rings (SSSR count). The molecule has 1 aliphatic rings. The number of thioether (sulfide) groups is 1. The zero-order chi connectivity index (χ0) is 27.6. The molecule has 1 fully saturated rings. The van der Waals surface area contributed by atoms with E-state index in [9.17, 15) is 33.0 Å². The molecule has 1 unspecified atom stereocenters. The minimum atomic E-state index is -4.61. The number of benzene rings is 2. The smallest absolute Gasteiger partial charge is 0.416 e. The van der Waals surface area contributed by atoms with Crippen LogP contribution in [0.1, 0.15) is 18.9 Å². The SMILES string of the molecule is CC(=O)N1CCN(CCC(O)CSc2c(-c3cc(Cl)ccc3O)c3cc(C(F)(F)F)ccc3[nH]c2=O)CC1. The maximum absolute atomic E-state index is 13.5. The van der Waals surface area contributed by atoms with E-state index in [1.807, 2.05) is 0 Å². The van der Waals surface area contributed by atoms with Gasteiger partial charge in [0.2, 0.25) is 5.91 Å². The van der Waals surface area contributed by atoms with Crippen molar-refractivity contribution in [3.63, 3.8) is 0 Å². The van der Waals surface area contributed by atoms with Crippen molar-refractivity contribution in [2.24, 2.45) is 0 Å². The van der Waals surface area contributed by atoms with Gasteiger partial charge in [-0.1, -0.05) is 11.6 Å². The molecular weight excluding hydrogens is 543 g/mol. The van der Waals surface area contributed by atoms with Gasteiger partial charge in [0.25, 0.3) is 5.56 Å². The maximum Gasteiger partial charge on any atom is 0.416 e. The van der Waals surface area contributed by atoms with Crippen LogP contribution in [-0.2, 0) is 11.0 Å². The van der Waals surface area contributed by atoms with Crippen LogP contribution in [0.3, 0.4) is 0 Å². The number of aliphatic hydroxyl groups excluding tert-OH is 1. The van der Waals surface area contributed by atoms with Gasteiger partial charge in [-0.2, -0.15) is 13.2 Å². The van der Waals surface area contributed by atoms with Gasteiger partial charge >= 0.3 is 6.18 Å². The third kappa shape index (κ3) is 6.45. The molecule has 1 atom stereocenters. The number of carbonyl (C=O) groups is 1. The molecule has 3 N–H and O–H groups in total. The molecule has 1 amide bonds. The Morgan fingerprint density at radius 2 is 1.87 bits per heavy atom. The van der Waals surface area contributed by atoms with Crippen molar-refractivity contribution in [3.8, 4) is 16.9 Å². The van der Waals surface area contributed by atoms with Crippen LogP contribution in [0.4, 0.5) is 13.2 Å². The monoisotopic (exact) mass is 569 g/mol. The maximum atomic E-state index is 13.5. The number of aromatic amines is 1. The summed E-state index contributed by atoms with van der Waals surface area (Å²) in [6, 6.07) is 7.14. The fourth-order valence-electron chi connectivity index (χ4n) is 4.45. The van der Waals surface area contributed by atoms with Gasteiger partial charge in [-0.05, 0) is 42.8 Å². The molecule has 1 aromatic heterocycles. The highest BCUT2D eigenvalue weighted by Crippen LogP contribution is 2.42. The third-order valence-electron chi connectivity index (χ3n) is 6.54. The average molecular weight is 570 g/mol. The molecule has 7 nitrogen and oxygen atoms in total. The van der Waals surface area contributed by atoms with Gasteiger partial charge in [-0.15, -0.1) is 11.8 Å². The number of amides is 1. The molecule has 1 aliphatic heterocycles. The molecule has 0 aliphatic carbocycles. The second-order valence-electron chi connectivity index (χ2n) is 9.18. The van der Waals surface area contributed by atoms with Crippen LogP contribution in [-0.4, -0.2) is 75.5 Å². The topological polar surface area (TPSA) is 96.9 Å². The molecule has 0 spiro atoms. The van der Waals surface area contributed by atoms with Crippen LogP contribution in [0.25, 0.3) is 22.0 Å². The number of alkyl halides is 3. The zero-order valence-corrected chi connectivity index (χ0v) is 22.1. The highest BCUT2D eigenvalue weighted by atomic mass is 35.5. The number of carbonyl (C=O) groups excluding carboxylic acids is 1. The number of pyridine rings is 1. The number of piperazine rings is 1. The van der Waals surface area contributed by atoms with Gasteiger partial charge in [-0.3, -0.25) is 14.5 Å². The van der Waals surface area contributed by atoms with E-state index in [0.717, 1.165) is 23.9 Å². The molecule has 0 radical (unpaired) electrons. The largest absolute Gasteiger partial charge is 0.507 e. The summed E-state index contributed by atoms with van der Waals surface area (Å²) in [4.78, 5) is 31.2. The van der Waals surface area contributed by atoms with Crippen molar-refractivity contribution < 1.29 is 28.2 Å². The summed E-state index contributed by atoms with van der Waals surface area (Å²) in [5.41, 5.74) is -1.04. The fourth-order valence-corrected chi connectivity index (χ4v) is 5.69. The van der Waals surface area contributed by atoms with Gasteiger partial charge in [0.15, 0.2) is 0 Å². The van der Waals surface area contributed by atoms with Crippen LogP contribution >= 0.6 is 23.4 Å². The quantitative estimate of drug-likeness (QED) is 0.361. The van der Waals surface area contributed by atoms with Crippen LogP contribution < -0.4 is 5.56 Å². The van der Waals surface area contributed by atoms with E-state index in [1.165, 1.54) is 31.2 Å². The van der Waals surface area contributed by atoms with Gasteiger partial charge < -0.3 is 20.1 Å². The minimum absolute atomic E-state index is 0.0330. The van der Waals surface area contributed by atoms with Crippen molar-refractivity contribution in [1.82, 2.24) is 14.8 Å². The first kappa shape index (κ1) is 28.3. The Labute approximate surface area is 226 Å². The van der Waals surface area contributed by atoms with Crippen LogP contribution in [0.15, 0.2) is 46.1 Å². The minimum Gasteiger partial charge on any atom is -0.507 e. The summed E-state index contributed by atoms with van der Waals surface area (Å²) in [6.07, 6.45) is -5.01. The van der Waals surface area contributed by atoms with Crippen molar-refractivity contribution in [2.45, 2.75) is 30.5 Å². The van der Waals surface area contributed by atoms with Gasteiger partial charge in [-0.25, -0.2) is 0 Å². The average Bonchev–Trinajstić information content (AvgIpc) is 2.87. The number of rotatable bonds is 7. The standard InChI is InChI=1S/C26H27ClF3N3O4S/c1-15(34)33-10-8-32(9-11-33)7-6-18(35)14-38-24-23(20-13-17(27)3-5-22(20)36)19-12-16(26(28,29)30)2-4-21(19)31-25(24)37/h2-5,12-13,18,35-36H,6-11,14H2,1H3,(H,31,37). The van der Waals surface area contributed by atoms with E-state index in [0.29, 0.717) is 39.1 Å². The number of aromatic hydroxyl groups is 1. The van der Waals surface area contributed by atoms with Crippen LogP contribution in [0.2, 0.25) is 5.02 Å². The first-order valence-corrected chi connectivity index (χ1v) is 13.3. The summed E-state index contributed by atoms with van der Waals surface area (Å²) >= 11 is 7.14. The Morgan fingerprint density at radius 1 is 1.16 bits per heavy atom. The summed E-state index contributed by atoms with van der Waals surface area (Å²) in [5, 5.41) is 21.6. The van der Waals surface area contributed by atoms with Crippen molar-refractivity contribution in [1.29, 1.82) is 0 Å². The highest BCUT2D eigenvalue weighted by molar-refractivity contribution is 7.99. The number of aliphatic hydroxyl groups is 1. The van der Waals surface area contributed by atoms with Crippen molar-refractivity contribution in [2.75, 3.05) is 38.5 Å².